The van der Waals surface area contributed by atoms with Crippen LogP contribution in [0.15, 0.2) is 34.5 Å². The third-order valence-corrected chi connectivity index (χ3v) is 2.30. The van der Waals surface area contributed by atoms with Gasteiger partial charge in [-0.2, -0.15) is 0 Å². The quantitative estimate of drug-likeness (QED) is 0.743. The average molecular weight is 193 g/mol. The van der Waals surface area contributed by atoms with Gasteiger partial charge in [0.1, 0.15) is 5.76 Å². The van der Waals surface area contributed by atoms with E-state index in [4.69, 9.17) is 9.52 Å². The molecule has 1 aromatic rings. The summed E-state index contributed by atoms with van der Waals surface area (Å²) in [4.78, 5) is 10.6. The normalized spacial score (nSPS) is 21.7. The first-order chi connectivity index (χ1) is 6.77. The summed E-state index contributed by atoms with van der Waals surface area (Å²) in [7, 11) is 0. The molecule has 14 heavy (non-hydrogen) atoms. The maximum absolute atomic E-state index is 10.6. The third-order valence-electron chi connectivity index (χ3n) is 2.30. The molecule has 0 aliphatic carbocycles. The number of carbonyl (C=O) groups is 1. The molecule has 0 spiro atoms. The fraction of sp³-hybridized carbons (Fsp3) is 0.300. The molecule has 2 N–H and O–H groups in total. The van der Waals surface area contributed by atoms with E-state index in [0.29, 0.717) is 18.5 Å². The number of carboxylic acids is 1. The molecule has 1 atom stereocenters. The monoisotopic (exact) mass is 193 g/mol. The second-order valence-electron chi connectivity index (χ2n) is 3.22. The highest BCUT2D eigenvalue weighted by Gasteiger charge is 2.20. The first-order valence-electron chi connectivity index (χ1n) is 4.46. The minimum absolute atomic E-state index is 0.105. The molecule has 4 heteroatoms. The molecular formula is C10H11NO3. The number of aliphatic carboxylic acids is 1. The Bertz CT molecular complexity index is 353. The SMILES string of the molecule is O=C(O)C1=CCC(c2ccco2)NC1. The largest absolute Gasteiger partial charge is 0.478 e. The molecule has 1 aliphatic heterocycles. The number of carboxylic acid groups (broad SMARTS) is 1. The molecule has 0 saturated carbocycles. The van der Waals surface area contributed by atoms with E-state index in [2.05, 4.69) is 5.32 Å². The van der Waals surface area contributed by atoms with E-state index in [1.807, 2.05) is 12.1 Å². The fourth-order valence-electron chi connectivity index (χ4n) is 1.52. The van der Waals surface area contributed by atoms with Gasteiger partial charge in [-0.3, -0.25) is 0 Å². The summed E-state index contributed by atoms with van der Waals surface area (Å²) < 4.78 is 5.23. The van der Waals surface area contributed by atoms with Gasteiger partial charge < -0.3 is 14.8 Å². The molecule has 0 bridgehead atoms. The molecule has 1 aromatic heterocycles. The second kappa shape index (κ2) is 3.67. The van der Waals surface area contributed by atoms with Crippen molar-refractivity contribution in [2.75, 3.05) is 6.54 Å². The molecular weight excluding hydrogens is 182 g/mol. The molecule has 0 saturated heterocycles. The van der Waals surface area contributed by atoms with Gasteiger partial charge in [0.2, 0.25) is 0 Å². The standard InChI is InChI=1S/C10H11NO3/c12-10(13)7-3-4-8(11-6-7)9-2-1-5-14-9/h1-3,5,8,11H,4,6H2,(H,12,13). The van der Waals surface area contributed by atoms with Crippen molar-refractivity contribution >= 4 is 5.97 Å². The number of hydrogen-bond acceptors (Lipinski definition) is 3. The Morgan fingerprint density at radius 3 is 3.00 bits per heavy atom. The van der Waals surface area contributed by atoms with Gasteiger partial charge in [0.15, 0.2) is 0 Å². The predicted octanol–water partition coefficient (Wildman–Crippen LogP) is 1.32. The Morgan fingerprint density at radius 1 is 1.64 bits per heavy atom. The summed E-state index contributed by atoms with van der Waals surface area (Å²) in [5, 5.41) is 11.8. The van der Waals surface area contributed by atoms with Gasteiger partial charge in [-0.25, -0.2) is 4.79 Å². The van der Waals surface area contributed by atoms with E-state index in [1.165, 1.54) is 0 Å². The van der Waals surface area contributed by atoms with Crippen LogP contribution in [0.4, 0.5) is 0 Å². The molecule has 0 aromatic carbocycles. The first-order valence-corrected chi connectivity index (χ1v) is 4.46. The van der Waals surface area contributed by atoms with Crippen LogP contribution in [0.5, 0.6) is 0 Å². The van der Waals surface area contributed by atoms with Crippen molar-refractivity contribution in [1.29, 1.82) is 0 Å². The van der Waals surface area contributed by atoms with Crippen LogP contribution < -0.4 is 5.32 Å². The van der Waals surface area contributed by atoms with Crippen LogP contribution in [-0.4, -0.2) is 17.6 Å². The summed E-state index contributed by atoms with van der Waals surface area (Å²) in [5.41, 5.74) is 0.424. The highest BCUT2D eigenvalue weighted by molar-refractivity contribution is 5.87. The van der Waals surface area contributed by atoms with Gasteiger partial charge >= 0.3 is 5.97 Å². The lowest BCUT2D eigenvalue weighted by molar-refractivity contribution is -0.132. The first kappa shape index (κ1) is 9.02. The van der Waals surface area contributed by atoms with E-state index < -0.39 is 5.97 Å². The average Bonchev–Trinajstić information content (AvgIpc) is 2.71. The maximum Gasteiger partial charge on any atom is 0.332 e. The molecule has 4 nitrogen and oxygen atoms in total. The molecule has 0 amide bonds. The van der Waals surface area contributed by atoms with Crippen LogP contribution in [0.2, 0.25) is 0 Å². The molecule has 0 fully saturated rings. The van der Waals surface area contributed by atoms with Crippen LogP contribution in [0.25, 0.3) is 0 Å². The Balaban J connectivity index is 2.06. The number of furan rings is 1. The summed E-state index contributed by atoms with van der Waals surface area (Å²) >= 11 is 0. The van der Waals surface area contributed by atoms with E-state index in [1.54, 1.807) is 12.3 Å². The lowest BCUT2D eigenvalue weighted by atomic mass is 10.0. The molecule has 74 valence electrons. The second-order valence-corrected chi connectivity index (χ2v) is 3.22. The van der Waals surface area contributed by atoms with E-state index >= 15 is 0 Å². The number of rotatable bonds is 2. The van der Waals surface area contributed by atoms with Crippen molar-refractivity contribution in [1.82, 2.24) is 5.32 Å². The lowest BCUT2D eigenvalue weighted by Crippen LogP contribution is -2.29. The maximum atomic E-state index is 10.6. The predicted molar refractivity (Wildman–Crippen MR) is 49.8 cm³/mol. The molecule has 2 rings (SSSR count). The lowest BCUT2D eigenvalue weighted by Gasteiger charge is -2.19. The van der Waals surface area contributed by atoms with Gasteiger partial charge in [0.05, 0.1) is 12.3 Å². The highest BCUT2D eigenvalue weighted by atomic mass is 16.4. The van der Waals surface area contributed by atoms with Crippen molar-refractivity contribution in [3.05, 3.63) is 35.8 Å². The molecule has 1 unspecified atom stereocenters. The van der Waals surface area contributed by atoms with Crippen LogP contribution in [0.3, 0.4) is 0 Å². The van der Waals surface area contributed by atoms with Crippen molar-refractivity contribution in [3.63, 3.8) is 0 Å². The molecule has 2 heterocycles. The summed E-state index contributed by atoms with van der Waals surface area (Å²) in [6.45, 7) is 0.390. The van der Waals surface area contributed by atoms with Gasteiger partial charge in [-0.1, -0.05) is 6.08 Å². The van der Waals surface area contributed by atoms with Crippen molar-refractivity contribution in [3.8, 4) is 0 Å². The van der Waals surface area contributed by atoms with Crippen LogP contribution in [0.1, 0.15) is 18.2 Å². The van der Waals surface area contributed by atoms with Crippen molar-refractivity contribution < 1.29 is 14.3 Å². The van der Waals surface area contributed by atoms with E-state index in [9.17, 15) is 4.79 Å². The van der Waals surface area contributed by atoms with Crippen molar-refractivity contribution in [2.24, 2.45) is 0 Å². The van der Waals surface area contributed by atoms with Gasteiger partial charge in [-0.05, 0) is 18.6 Å². The van der Waals surface area contributed by atoms with Crippen LogP contribution in [0, 0.1) is 0 Å². The van der Waals surface area contributed by atoms with Crippen LogP contribution >= 0.6 is 0 Å². The highest BCUT2D eigenvalue weighted by Crippen LogP contribution is 2.21. The Morgan fingerprint density at radius 2 is 2.50 bits per heavy atom. The Labute approximate surface area is 81.2 Å². The minimum atomic E-state index is -0.851. The summed E-state index contributed by atoms with van der Waals surface area (Å²) in [6, 6.07) is 3.82. The van der Waals surface area contributed by atoms with E-state index in [-0.39, 0.29) is 6.04 Å². The van der Waals surface area contributed by atoms with E-state index in [0.717, 1.165) is 5.76 Å². The zero-order valence-electron chi connectivity index (χ0n) is 7.56. The van der Waals surface area contributed by atoms with Gasteiger partial charge in [-0.15, -0.1) is 0 Å². The third kappa shape index (κ3) is 1.70. The van der Waals surface area contributed by atoms with Crippen LogP contribution in [-0.2, 0) is 4.79 Å². The summed E-state index contributed by atoms with van der Waals surface area (Å²) in [5.74, 6) is 0.00100. The zero-order chi connectivity index (χ0) is 9.97. The number of nitrogens with one attached hydrogen (secondary N) is 1. The summed E-state index contributed by atoms with van der Waals surface area (Å²) in [6.07, 6.45) is 4.02. The Kier molecular flexibility index (Phi) is 2.37. The molecule has 1 aliphatic rings. The van der Waals surface area contributed by atoms with Gasteiger partial charge in [0, 0.05) is 12.1 Å². The van der Waals surface area contributed by atoms with Gasteiger partial charge in [0.25, 0.3) is 0 Å². The zero-order valence-corrected chi connectivity index (χ0v) is 7.56. The molecule has 0 radical (unpaired) electrons. The fourth-order valence-corrected chi connectivity index (χ4v) is 1.52. The smallest absolute Gasteiger partial charge is 0.332 e. The topological polar surface area (TPSA) is 62.5 Å². The van der Waals surface area contributed by atoms with Crippen molar-refractivity contribution in [2.45, 2.75) is 12.5 Å². The Hall–Kier alpha value is -1.55. The minimum Gasteiger partial charge on any atom is -0.478 e. The number of hydrogen-bond donors (Lipinski definition) is 2.